The Kier molecular flexibility index (Phi) is 6.87. The van der Waals surface area contributed by atoms with Crippen molar-refractivity contribution in [3.05, 3.63) is 64.9 Å². The van der Waals surface area contributed by atoms with Crippen molar-refractivity contribution >= 4 is 40.2 Å². The Morgan fingerprint density at radius 1 is 1.34 bits per heavy atom. The van der Waals surface area contributed by atoms with E-state index >= 15 is 0 Å². The van der Waals surface area contributed by atoms with E-state index < -0.39 is 5.97 Å². The molecule has 0 bridgehead atoms. The summed E-state index contributed by atoms with van der Waals surface area (Å²) in [6.07, 6.45) is 8.73. The number of rotatable bonds is 8. The number of halogens is 1. The molecule has 3 aromatic rings. The van der Waals surface area contributed by atoms with Gasteiger partial charge in [0.1, 0.15) is 0 Å². The monoisotopic (exact) mass is 429 g/mol. The summed E-state index contributed by atoms with van der Waals surface area (Å²) < 4.78 is 9.03. The molecule has 0 aliphatic rings. The lowest BCUT2D eigenvalue weighted by molar-refractivity contribution is -0.138. The van der Waals surface area contributed by atoms with Crippen LogP contribution in [0, 0.1) is 0 Å². The Hall–Kier alpha value is -2.44. The smallest absolute Gasteiger partial charge is 0.337 e. The van der Waals surface area contributed by atoms with Gasteiger partial charge in [0.25, 0.3) is 0 Å². The molecule has 1 aromatic carbocycles. The van der Waals surface area contributed by atoms with Gasteiger partial charge in [-0.25, -0.2) is 4.79 Å². The number of ether oxygens (including phenoxy) is 1. The zero-order valence-electron chi connectivity index (χ0n) is 16.8. The highest BCUT2D eigenvalue weighted by Crippen LogP contribution is 2.37. The normalized spacial score (nSPS) is 11.8. The fourth-order valence-electron chi connectivity index (χ4n) is 3.02. The fraction of sp³-hybridized carbons (Fsp3) is 0.273. The number of hydrogen-bond donors (Lipinski definition) is 0. The summed E-state index contributed by atoms with van der Waals surface area (Å²) in [7, 11) is 0. The zero-order chi connectivity index (χ0) is 21.0. The first-order chi connectivity index (χ1) is 13.9. The molecule has 3 rings (SSSR count). The fourth-order valence-corrected chi connectivity index (χ4v) is 4.18. The number of allylic oxidation sites excluding steroid dienone is 1. The van der Waals surface area contributed by atoms with E-state index in [2.05, 4.69) is 29.4 Å². The molecule has 29 heavy (non-hydrogen) atoms. The molecule has 0 aliphatic heterocycles. The number of thioether (sulfide) groups is 1. The highest BCUT2D eigenvalue weighted by Gasteiger charge is 2.14. The van der Waals surface area contributed by atoms with Crippen molar-refractivity contribution in [2.75, 3.05) is 6.61 Å². The van der Waals surface area contributed by atoms with Crippen molar-refractivity contribution in [2.45, 2.75) is 38.6 Å². The standard InChI is InChI=1S/C22H24ClN3O2S/c1-5-9-25-13-18(12-24-25)26-14-21(19-8-7-17(23)11-20(19)26)29-16(4)10-15(3)22(27)28-6-2/h7-8,10-14H,3,5-6,9H2,1-2,4H3. The molecule has 0 amide bonds. The number of nitrogens with zero attached hydrogens (tertiary/aromatic N) is 3. The zero-order valence-corrected chi connectivity index (χ0v) is 18.4. The summed E-state index contributed by atoms with van der Waals surface area (Å²) in [5, 5.41) is 6.20. The number of hydrogen-bond acceptors (Lipinski definition) is 4. The molecule has 7 heteroatoms. The number of benzene rings is 1. The van der Waals surface area contributed by atoms with Gasteiger partial charge in [0.15, 0.2) is 0 Å². The highest BCUT2D eigenvalue weighted by molar-refractivity contribution is 8.03. The predicted molar refractivity (Wildman–Crippen MR) is 120 cm³/mol. The van der Waals surface area contributed by atoms with Gasteiger partial charge in [0.2, 0.25) is 0 Å². The molecule has 0 atom stereocenters. The van der Waals surface area contributed by atoms with Crippen LogP contribution in [0.3, 0.4) is 0 Å². The highest BCUT2D eigenvalue weighted by atomic mass is 35.5. The van der Waals surface area contributed by atoms with E-state index in [1.807, 2.05) is 42.2 Å². The van der Waals surface area contributed by atoms with E-state index in [4.69, 9.17) is 16.3 Å². The van der Waals surface area contributed by atoms with E-state index in [1.54, 1.807) is 24.8 Å². The number of aromatic nitrogens is 3. The Bertz CT molecular complexity index is 1080. The van der Waals surface area contributed by atoms with E-state index in [1.165, 1.54) is 0 Å². The molecular weight excluding hydrogens is 406 g/mol. The summed E-state index contributed by atoms with van der Waals surface area (Å²) in [4.78, 5) is 13.8. The van der Waals surface area contributed by atoms with Gasteiger partial charge in [0.05, 0.1) is 29.6 Å². The second kappa shape index (κ2) is 9.37. The molecule has 0 spiro atoms. The van der Waals surface area contributed by atoms with E-state index in [0.29, 0.717) is 17.2 Å². The van der Waals surface area contributed by atoms with Gasteiger partial charge < -0.3 is 9.30 Å². The van der Waals surface area contributed by atoms with Crippen molar-refractivity contribution in [3.63, 3.8) is 0 Å². The molecule has 2 aromatic heterocycles. The van der Waals surface area contributed by atoms with Crippen LogP contribution in [0.25, 0.3) is 16.6 Å². The summed E-state index contributed by atoms with van der Waals surface area (Å²) in [6, 6.07) is 5.85. The third-order valence-electron chi connectivity index (χ3n) is 4.27. The van der Waals surface area contributed by atoms with Crippen LogP contribution in [0.2, 0.25) is 5.02 Å². The Balaban J connectivity index is 1.96. The van der Waals surface area contributed by atoms with E-state index in [9.17, 15) is 4.79 Å². The number of carbonyl (C=O) groups is 1. The lowest BCUT2D eigenvalue weighted by Gasteiger charge is -2.03. The number of esters is 1. The summed E-state index contributed by atoms with van der Waals surface area (Å²) in [6.45, 7) is 10.9. The van der Waals surface area contributed by atoms with Crippen molar-refractivity contribution in [3.8, 4) is 5.69 Å². The third-order valence-corrected chi connectivity index (χ3v) is 5.49. The van der Waals surface area contributed by atoms with Crippen LogP contribution in [-0.2, 0) is 16.1 Å². The molecule has 0 radical (unpaired) electrons. The molecule has 2 heterocycles. The molecule has 0 unspecified atom stereocenters. The maximum Gasteiger partial charge on any atom is 0.337 e. The number of aryl methyl sites for hydroxylation is 1. The first-order valence-electron chi connectivity index (χ1n) is 9.48. The molecule has 5 nitrogen and oxygen atoms in total. The van der Waals surface area contributed by atoms with E-state index in [0.717, 1.165) is 39.4 Å². The Labute approximate surface area is 180 Å². The minimum atomic E-state index is -0.398. The van der Waals surface area contributed by atoms with Crippen molar-refractivity contribution < 1.29 is 9.53 Å². The second-order valence-corrected chi connectivity index (χ2v) is 8.31. The number of fused-ring (bicyclic) bond motifs is 1. The average Bonchev–Trinajstić information content (AvgIpc) is 3.26. The Morgan fingerprint density at radius 2 is 2.14 bits per heavy atom. The molecule has 0 fully saturated rings. The minimum absolute atomic E-state index is 0.331. The summed E-state index contributed by atoms with van der Waals surface area (Å²) in [5.74, 6) is -0.398. The molecule has 0 aliphatic carbocycles. The van der Waals surface area contributed by atoms with Gasteiger partial charge in [-0.3, -0.25) is 4.68 Å². The summed E-state index contributed by atoms with van der Waals surface area (Å²) in [5.41, 5.74) is 2.33. The van der Waals surface area contributed by atoms with Crippen LogP contribution in [0.15, 0.2) is 64.8 Å². The first-order valence-corrected chi connectivity index (χ1v) is 10.7. The van der Waals surface area contributed by atoms with Crippen molar-refractivity contribution in [1.29, 1.82) is 0 Å². The maximum absolute atomic E-state index is 11.8. The molecule has 0 saturated heterocycles. The largest absolute Gasteiger partial charge is 0.462 e. The third kappa shape index (κ3) is 4.95. The first kappa shape index (κ1) is 21.3. The van der Waals surface area contributed by atoms with Gasteiger partial charge in [0, 0.05) is 34.2 Å². The van der Waals surface area contributed by atoms with Gasteiger partial charge in [-0.05, 0) is 43.4 Å². The van der Waals surface area contributed by atoms with Gasteiger partial charge >= 0.3 is 5.97 Å². The summed E-state index contributed by atoms with van der Waals surface area (Å²) >= 11 is 7.84. The van der Waals surface area contributed by atoms with Crippen molar-refractivity contribution in [2.24, 2.45) is 0 Å². The van der Waals surface area contributed by atoms with E-state index in [-0.39, 0.29) is 0 Å². The molecular formula is C22H24ClN3O2S. The van der Waals surface area contributed by atoms with Crippen LogP contribution in [0.5, 0.6) is 0 Å². The number of carbonyl (C=O) groups excluding carboxylic acids is 1. The van der Waals surface area contributed by atoms with Gasteiger partial charge in [-0.1, -0.05) is 42.9 Å². The minimum Gasteiger partial charge on any atom is -0.462 e. The van der Waals surface area contributed by atoms with Gasteiger partial charge in [-0.2, -0.15) is 5.10 Å². The van der Waals surface area contributed by atoms with Crippen LogP contribution >= 0.6 is 23.4 Å². The SMILES string of the molecule is C=C(C=C(C)Sc1cn(-c2cnn(CCC)c2)c2cc(Cl)ccc12)C(=O)OCC. The lowest BCUT2D eigenvalue weighted by Crippen LogP contribution is -2.04. The maximum atomic E-state index is 11.8. The molecule has 0 saturated carbocycles. The molecule has 152 valence electrons. The topological polar surface area (TPSA) is 49.0 Å². The van der Waals surface area contributed by atoms with Crippen molar-refractivity contribution in [1.82, 2.24) is 14.3 Å². The quantitative estimate of drug-likeness (QED) is 0.190. The van der Waals surface area contributed by atoms with Crippen LogP contribution in [0.1, 0.15) is 27.2 Å². The molecule has 0 N–H and O–H groups in total. The lowest BCUT2D eigenvalue weighted by atomic mass is 10.2. The second-order valence-electron chi connectivity index (χ2n) is 6.59. The Morgan fingerprint density at radius 3 is 2.86 bits per heavy atom. The van der Waals surface area contributed by atoms with Crippen LogP contribution in [-0.4, -0.2) is 26.9 Å². The average molecular weight is 430 g/mol. The predicted octanol–water partition coefficient (Wildman–Crippen LogP) is 6.01. The van der Waals surface area contributed by atoms with Crippen LogP contribution in [0.4, 0.5) is 0 Å². The van der Waals surface area contributed by atoms with Gasteiger partial charge in [-0.15, -0.1) is 0 Å². The van der Waals surface area contributed by atoms with Crippen LogP contribution < -0.4 is 0 Å².